The number of phenolic OH excluding ortho intramolecular Hbond substituents is 1. The minimum absolute atomic E-state index is 0.0246. The summed E-state index contributed by atoms with van der Waals surface area (Å²) in [5.41, 5.74) is 2.13. The number of aromatic hydroxyl groups is 1. The van der Waals surface area contributed by atoms with Crippen molar-refractivity contribution < 1.29 is 24.6 Å². The van der Waals surface area contributed by atoms with E-state index in [2.05, 4.69) is 10.6 Å². The van der Waals surface area contributed by atoms with Crippen LogP contribution in [0.5, 0.6) is 5.75 Å². The molecule has 2 aromatic carbocycles. The number of aliphatic hydroxyl groups is 1. The SMILES string of the molecule is Cc1ccc(C(=O)NC(Cc2ccccc2)C(O)C(=O)N2CSC(C)(C)C2C(=O)NCc2cccs2)c(C)c1O. The van der Waals surface area contributed by atoms with Gasteiger partial charge in [-0.25, -0.2) is 0 Å². The number of carbonyl (C=O) groups is 3. The zero-order chi connectivity index (χ0) is 29.0. The summed E-state index contributed by atoms with van der Waals surface area (Å²) in [6, 6.07) is 14.6. The smallest absolute Gasteiger partial charge is 0.254 e. The molecule has 1 aliphatic heterocycles. The summed E-state index contributed by atoms with van der Waals surface area (Å²) in [5.74, 6) is -1.17. The van der Waals surface area contributed by atoms with Crippen LogP contribution in [0.3, 0.4) is 0 Å². The van der Waals surface area contributed by atoms with E-state index in [4.69, 9.17) is 0 Å². The Hall–Kier alpha value is -3.34. The molecular weight excluding hydrogens is 546 g/mol. The first-order chi connectivity index (χ1) is 19.0. The maximum atomic E-state index is 13.8. The number of benzene rings is 2. The predicted molar refractivity (Wildman–Crippen MR) is 158 cm³/mol. The van der Waals surface area contributed by atoms with Crippen LogP contribution in [-0.4, -0.2) is 61.6 Å². The first kappa shape index (κ1) is 29.6. The Morgan fingerprint density at radius 1 is 1.07 bits per heavy atom. The van der Waals surface area contributed by atoms with Crippen LogP contribution in [0.1, 0.15) is 45.8 Å². The van der Waals surface area contributed by atoms with Gasteiger partial charge in [0.25, 0.3) is 11.8 Å². The van der Waals surface area contributed by atoms with Gasteiger partial charge < -0.3 is 25.7 Å². The normalized spacial score (nSPS) is 17.7. The first-order valence-corrected chi connectivity index (χ1v) is 14.9. The van der Waals surface area contributed by atoms with Crippen LogP contribution in [0, 0.1) is 13.8 Å². The molecule has 0 aliphatic carbocycles. The van der Waals surface area contributed by atoms with Crippen LogP contribution in [0.2, 0.25) is 0 Å². The number of nitrogens with zero attached hydrogens (tertiary/aromatic N) is 1. The molecule has 3 aromatic rings. The maximum Gasteiger partial charge on any atom is 0.254 e. The molecule has 1 fully saturated rings. The highest BCUT2D eigenvalue weighted by Gasteiger charge is 2.49. The third-order valence-electron chi connectivity index (χ3n) is 7.22. The van der Waals surface area contributed by atoms with Gasteiger partial charge in [-0.15, -0.1) is 23.1 Å². The van der Waals surface area contributed by atoms with Crippen molar-refractivity contribution in [1.29, 1.82) is 0 Å². The lowest BCUT2D eigenvalue weighted by atomic mass is 9.96. The maximum absolute atomic E-state index is 13.8. The summed E-state index contributed by atoms with van der Waals surface area (Å²) >= 11 is 3.00. The lowest BCUT2D eigenvalue weighted by molar-refractivity contribution is -0.147. The number of carbonyl (C=O) groups excluding carboxylic acids is 3. The molecule has 8 nitrogen and oxygen atoms in total. The number of hydrogen-bond acceptors (Lipinski definition) is 7. The molecule has 0 bridgehead atoms. The van der Waals surface area contributed by atoms with Crippen LogP contribution in [0.25, 0.3) is 0 Å². The summed E-state index contributed by atoms with van der Waals surface area (Å²) < 4.78 is -0.580. The highest BCUT2D eigenvalue weighted by atomic mass is 32.2. The second-order valence-electron chi connectivity index (χ2n) is 10.5. The van der Waals surface area contributed by atoms with Crippen molar-refractivity contribution in [2.75, 3.05) is 5.88 Å². The van der Waals surface area contributed by atoms with E-state index in [9.17, 15) is 24.6 Å². The van der Waals surface area contributed by atoms with Gasteiger partial charge in [-0.05, 0) is 62.8 Å². The predicted octanol–water partition coefficient (Wildman–Crippen LogP) is 3.77. The average molecular weight is 582 g/mol. The van der Waals surface area contributed by atoms with Crippen molar-refractivity contribution in [1.82, 2.24) is 15.5 Å². The second kappa shape index (κ2) is 12.4. The number of hydrogen-bond donors (Lipinski definition) is 4. The largest absolute Gasteiger partial charge is 0.507 e. The van der Waals surface area contributed by atoms with Gasteiger partial charge in [0.05, 0.1) is 18.5 Å². The molecule has 40 heavy (non-hydrogen) atoms. The first-order valence-electron chi connectivity index (χ1n) is 13.1. The molecule has 1 aliphatic rings. The number of thioether (sulfide) groups is 1. The second-order valence-corrected chi connectivity index (χ2v) is 13.1. The summed E-state index contributed by atoms with van der Waals surface area (Å²) in [7, 11) is 0. The van der Waals surface area contributed by atoms with Crippen LogP contribution in [0.15, 0.2) is 60.0 Å². The van der Waals surface area contributed by atoms with Crippen LogP contribution >= 0.6 is 23.1 Å². The van der Waals surface area contributed by atoms with Crippen molar-refractivity contribution in [2.24, 2.45) is 0 Å². The Bertz CT molecular complexity index is 1360. The average Bonchev–Trinajstić information content (AvgIpc) is 3.57. The van der Waals surface area contributed by atoms with Crippen LogP contribution < -0.4 is 10.6 Å². The number of aryl methyl sites for hydroxylation is 1. The molecule has 3 atom stereocenters. The number of aliphatic hydroxyl groups excluding tert-OH is 1. The Labute approximate surface area is 242 Å². The highest BCUT2D eigenvalue weighted by molar-refractivity contribution is 8.00. The summed E-state index contributed by atoms with van der Waals surface area (Å²) in [4.78, 5) is 42.8. The molecule has 0 spiro atoms. The number of nitrogens with one attached hydrogen (secondary N) is 2. The van der Waals surface area contributed by atoms with Crippen LogP contribution in [0.4, 0.5) is 0 Å². The molecule has 0 radical (unpaired) electrons. The molecule has 1 aromatic heterocycles. The van der Waals surface area contributed by atoms with Crippen molar-refractivity contribution in [3.8, 4) is 5.75 Å². The van der Waals surface area contributed by atoms with Crippen molar-refractivity contribution in [3.63, 3.8) is 0 Å². The zero-order valence-electron chi connectivity index (χ0n) is 23.0. The fourth-order valence-electron chi connectivity index (χ4n) is 4.88. The molecule has 212 valence electrons. The number of thiophene rings is 1. The van der Waals surface area contributed by atoms with E-state index in [1.54, 1.807) is 26.0 Å². The third-order valence-corrected chi connectivity index (χ3v) is 9.47. The van der Waals surface area contributed by atoms with Gasteiger partial charge in [0.2, 0.25) is 5.91 Å². The molecule has 4 rings (SSSR count). The standard InChI is InChI=1S/C30H35N3O5S2/c1-18-12-13-22(19(2)24(18)34)27(36)32-23(15-20-9-6-5-7-10-20)25(35)29(38)33-17-40-30(3,4)26(33)28(37)31-16-21-11-8-14-39-21/h5-14,23,25-26,34-35H,15-17H2,1-4H3,(H,31,37)(H,32,36). The molecule has 2 heterocycles. The Kier molecular flexibility index (Phi) is 9.22. The lowest BCUT2D eigenvalue weighted by Crippen LogP contribution is -2.58. The van der Waals surface area contributed by atoms with E-state index in [1.807, 2.05) is 61.7 Å². The van der Waals surface area contributed by atoms with E-state index in [0.717, 1.165) is 10.4 Å². The fraction of sp³-hybridized carbons (Fsp3) is 0.367. The molecule has 3 amide bonds. The molecule has 1 saturated heterocycles. The van der Waals surface area contributed by atoms with E-state index in [1.165, 1.54) is 28.0 Å². The van der Waals surface area contributed by atoms with Gasteiger partial charge in [0, 0.05) is 20.8 Å². The summed E-state index contributed by atoms with van der Waals surface area (Å²) in [6.07, 6.45) is -1.42. The van der Waals surface area contributed by atoms with Gasteiger partial charge in [-0.1, -0.05) is 42.5 Å². The number of rotatable bonds is 9. The molecular formula is C30H35N3O5S2. The summed E-state index contributed by atoms with van der Waals surface area (Å²) in [5, 5.41) is 29.5. The fourth-order valence-corrected chi connectivity index (χ4v) is 6.66. The number of phenols is 1. The topological polar surface area (TPSA) is 119 Å². The van der Waals surface area contributed by atoms with E-state index >= 15 is 0 Å². The van der Waals surface area contributed by atoms with Crippen LogP contribution in [-0.2, 0) is 22.6 Å². The van der Waals surface area contributed by atoms with Crippen molar-refractivity contribution >= 4 is 40.8 Å². The number of amides is 3. The Morgan fingerprint density at radius 2 is 1.80 bits per heavy atom. The van der Waals surface area contributed by atoms with E-state index in [0.29, 0.717) is 17.7 Å². The van der Waals surface area contributed by atoms with Gasteiger partial charge in [0.1, 0.15) is 11.8 Å². The molecule has 4 N–H and O–H groups in total. The monoisotopic (exact) mass is 581 g/mol. The zero-order valence-corrected chi connectivity index (χ0v) is 24.6. The highest BCUT2D eigenvalue weighted by Crippen LogP contribution is 2.40. The van der Waals surface area contributed by atoms with Gasteiger partial charge in [-0.2, -0.15) is 0 Å². The molecule has 10 heteroatoms. The van der Waals surface area contributed by atoms with E-state index in [-0.39, 0.29) is 29.5 Å². The Morgan fingerprint density at radius 3 is 2.48 bits per heavy atom. The van der Waals surface area contributed by atoms with Gasteiger partial charge in [-0.3, -0.25) is 14.4 Å². The molecule has 0 saturated carbocycles. The minimum atomic E-state index is -1.61. The quantitative estimate of drug-likeness (QED) is 0.306. The Balaban J connectivity index is 1.57. The van der Waals surface area contributed by atoms with Gasteiger partial charge >= 0.3 is 0 Å². The lowest BCUT2D eigenvalue weighted by Gasteiger charge is -2.33. The third kappa shape index (κ3) is 6.51. The minimum Gasteiger partial charge on any atom is -0.507 e. The van der Waals surface area contributed by atoms with Gasteiger partial charge in [0.15, 0.2) is 6.10 Å². The van der Waals surface area contributed by atoms with Crippen molar-refractivity contribution in [2.45, 2.75) is 63.6 Å². The summed E-state index contributed by atoms with van der Waals surface area (Å²) in [6.45, 7) is 7.56. The van der Waals surface area contributed by atoms with E-state index < -0.39 is 34.7 Å². The molecule has 3 unspecified atom stereocenters. The van der Waals surface area contributed by atoms with Crippen molar-refractivity contribution in [3.05, 3.63) is 87.1 Å².